The number of nitrogens with zero attached hydrogens (tertiary/aromatic N) is 2. The van der Waals surface area contributed by atoms with Gasteiger partial charge in [-0.15, -0.1) is 0 Å². The molecule has 1 heterocycles. The molecule has 0 radical (unpaired) electrons. The number of rotatable bonds is 8. The molecule has 0 aliphatic rings. The standard InChI is InChI=1S/C14H27N3O/c1-6-18-14(11(2)3)12(15-4)7-8-13-16-9-10-17(13)5/h9-12,14-15H,6-8H2,1-5H3. The van der Waals surface area contributed by atoms with Gasteiger partial charge in [-0.25, -0.2) is 4.98 Å². The van der Waals surface area contributed by atoms with Crippen molar-refractivity contribution in [3.8, 4) is 0 Å². The topological polar surface area (TPSA) is 39.1 Å². The summed E-state index contributed by atoms with van der Waals surface area (Å²) in [4.78, 5) is 4.37. The van der Waals surface area contributed by atoms with Crippen LogP contribution in [0.5, 0.6) is 0 Å². The molecular weight excluding hydrogens is 226 g/mol. The molecular formula is C14H27N3O. The minimum absolute atomic E-state index is 0.264. The molecule has 1 rings (SSSR count). The second kappa shape index (κ2) is 7.54. The highest BCUT2D eigenvalue weighted by Gasteiger charge is 2.23. The molecule has 104 valence electrons. The van der Waals surface area contributed by atoms with E-state index < -0.39 is 0 Å². The van der Waals surface area contributed by atoms with Crippen molar-refractivity contribution in [3.05, 3.63) is 18.2 Å². The van der Waals surface area contributed by atoms with Gasteiger partial charge in [0.2, 0.25) is 0 Å². The maximum atomic E-state index is 5.87. The minimum Gasteiger partial charge on any atom is -0.377 e. The second-order valence-corrected chi connectivity index (χ2v) is 5.05. The summed E-state index contributed by atoms with van der Waals surface area (Å²) in [5.41, 5.74) is 0. The molecule has 0 spiro atoms. The molecule has 0 saturated heterocycles. The summed E-state index contributed by atoms with van der Waals surface area (Å²) < 4.78 is 7.95. The lowest BCUT2D eigenvalue weighted by molar-refractivity contribution is 0.00323. The Kier molecular flexibility index (Phi) is 6.36. The van der Waals surface area contributed by atoms with Crippen molar-refractivity contribution in [2.45, 2.75) is 45.8 Å². The molecule has 4 heteroatoms. The molecule has 2 unspecified atom stereocenters. The zero-order valence-electron chi connectivity index (χ0n) is 12.3. The van der Waals surface area contributed by atoms with Gasteiger partial charge in [-0.1, -0.05) is 13.8 Å². The van der Waals surface area contributed by atoms with Crippen molar-refractivity contribution in [2.75, 3.05) is 13.7 Å². The summed E-state index contributed by atoms with van der Waals surface area (Å²) in [6.45, 7) is 7.25. The number of hydrogen-bond donors (Lipinski definition) is 1. The lowest BCUT2D eigenvalue weighted by Crippen LogP contribution is -2.43. The van der Waals surface area contributed by atoms with Crippen LogP contribution in [-0.2, 0) is 18.2 Å². The number of likely N-dealkylation sites (N-methyl/N-ethyl adjacent to an activating group) is 1. The Morgan fingerprint density at radius 1 is 1.44 bits per heavy atom. The summed E-state index contributed by atoms with van der Waals surface area (Å²) in [5, 5.41) is 3.39. The van der Waals surface area contributed by atoms with Gasteiger partial charge in [0.25, 0.3) is 0 Å². The summed E-state index contributed by atoms with van der Waals surface area (Å²) in [5.74, 6) is 1.65. The molecule has 1 aromatic rings. The van der Waals surface area contributed by atoms with Crippen LogP contribution in [0, 0.1) is 5.92 Å². The van der Waals surface area contributed by atoms with E-state index in [0.29, 0.717) is 12.0 Å². The van der Waals surface area contributed by atoms with E-state index in [2.05, 4.69) is 35.6 Å². The average molecular weight is 253 g/mol. The van der Waals surface area contributed by atoms with Crippen LogP contribution in [-0.4, -0.2) is 35.4 Å². The zero-order chi connectivity index (χ0) is 13.5. The first-order chi connectivity index (χ1) is 8.60. The molecule has 4 nitrogen and oxygen atoms in total. The summed E-state index contributed by atoms with van der Waals surface area (Å²) in [7, 11) is 4.05. The lowest BCUT2D eigenvalue weighted by Gasteiger charge is -2.29. The van der Waals surface area contributed by atoms with Crippen molar-refractivity contribution < 1.29 is 4.74 Å². The van der Waals surface area contributed by atoms with Crippen LogP contribution in [0.4, 0.5) is 0 Å². The van der Waals surface area contributed by atoms with Crippen molar-refractivity contribution in [3.63, 3.8) is 0 Å². The fourth-order valence-electron chi connectivity index (χ4n) is 2.36. The SMILES string of the molecule is CCOC(C(C)C)C(CCc1nccn1C)NC. The van der Waals surface area contributed by atoms with Crippen LogP contribution >= 0.6 is 0 Å². The molecule has 0 aliphatic carbocycles. The van der Waals surface area contributed by atoms with E-state index in [9.17, 15) is 0 Å². The van der Waals surface area contributed by atoms with E-state index in [0.717, 1.165) is 25.3 Å². The number of aromatic nitrogens is 2. The van der Waals surface area contributed by atoms with Crippen LogP contribution in [0.2, 0.25) is 0 Å². The van der Waals surface area contributed by atoms with E-state index in [-0.39, 0.29) is 6.10 Å². The first-order valence-corrected chi connectivity index (χ1v) is 6.85. The molecule has 0 saturated carbocycles. The fraction of sp³-hybridized carbons (Fsp3) is 0.786. The monoisotopic (exact) mass is 253 g/mol. The van der Waals surface area contributed by atoms with Crippen molar-refractivity contribution in [1.29, 1.82) is 0 Å². The Labute approximate surface area is 111 Å². The Morgan fingerprint density at radius 2 is 2.17 bits per heavy atom. The summed E-state index contributed by atoms with van der Waals surface area (Å²) in [6.07, 6.45) is 6.13. The number of imidazole rings is 1. The Hall–Kier alpha value is -0.870. The predicted molar refractivity (Wildman–Crippen MR) is 74.6 cm³/mol. The van der Waals surface area contributed by atoms with Gasteiger partial charge in [0.05, 0.1) is 6.10 Å². The van der Waals surface area contributed by atoms with Crippen LogP contribution in [0.3, 0.4) is 0 Å². The Balaban J connectivity index is 2.57. The molecule has 0 fully saturated rings. The maximum absolute atomic E-state index is 5.87. The zero-order valence-corrected chi connectivity index (χ0v) is 12.3. The normalized spacial score (nSPS) is 15.0. The van der Waals surface area contributed by atoms with E-state index in [1.165, 1.54) is 0 Å². The number of aryl methyl sites for hydroxylation is 2. The average Bonchev–Trinajstić information content (AvgIpc) is 2.74. The van der Waals surface area contributed by atoms with Crippen molar-refractivity contribution in [1.82, 2.24) is 14.9 Å². The van der Waals surface area contributed by atoms with Gasteiger partial charge in [0.15, 0.2) is 0 Å². The summed E-state index contributed by atoms with van der Waals surface area (Å²) >= 11 is 0. The van der Waals surface area contributed by atoms with Gasteiger partial charge in [-0.2, -0.15) is 0 Å². The Morgan fingerprint density at radius 3 is 2.61 bits per heavy atom. The number of nitrogens with one attached hydrogen (secondary N) is 1. The van der Waals surface area contributed by atoms with Gasteiger partial charge >= 0.3 is 0 Å². The number of ether oxygens (including phenoxy) is 1. The molecule has 0 aromatic carbocycles. The molecule has 18 heavy (non-hydrogen) atoms. The van der Waals surface area contributed by atoms with Crippen LogP contribution < -0.4 is 5.32 Å². The third kappa shape index (κ3) is 4.10. The van der Waals surface area contributed by atoms with Crippen LogP contribution in [0.25, 0.3) is 0 Å². The predicted octanol–water partition coefficient (Wildman–Crippen LogP) is 2.00. The minimum atomic E-state index is 0.264. The maximum Gasteiger partial charge on any atom is 0.108 e. The largest absolute Gasteiger partial charge is 0.377 e. The summed E-state index contributed by atoms with van der Waals surface area (Å²) in [6, 6.07) is 0.377. The molecule has 0 bridgehead atoms. The lowest BCUT2D eigenvalue weighted by atomic mass is 9.95. The van der Waals surface area contributed by atoms with Gasteiger partial charge in [-0.05, 0) is 26.3 Å². The van der Waals surface area contributed by atoms with Crippen molar-refractivity contribution >= 4 is 0 Å². The molecule has 1 N–H and O–H groups in total. The smallest absolute Gasteiger partial charge is 0.108 e. The van der Waals surface area contributed by atoms with E-state index in [4.69, 9.17) is 4.74 Å². The molecule has 0 aliphatic heterocycles. The van der Waals surface area contributed by atoms with Crippen LogP contribution in [0.15, 0.2) is 12.4 Å². The van der Waals surface area contributed by atoms with E-state index in [1.807, 2.05) is 26.5 Å². The first kappa shape index (κ1) is 15.2. The van der Waals surface area contributed by atoms with Crippen molar-refractivity contribution in [2.24, 2.45) is 13.0 Å². The Bertz CT molecular complexity index is 336. The molecule has 1 aromatic heterocycles. The highest BCUT2D eigenvalue weighted by atomic mass is 16.5. The highest BCUT2D eigenvalue weighted by molar-refractivity contribution is 4.93. The number of hydrogen-bond acceptors (Lipinski definition) is 3. The quantitative estimate of drug-likeness (QED) is 0.770. The third-order valence-corrected chi connectivity index (χ3v) is 3.38. The fourth-order valence-corrected chi connectivity index (χ4v) is 2.36. The van der Waals surface area contributed by atoms with Gasteiger partial charge in [0, 0.05) is 38.5 Å². The van der Waals surface area contributed by atoms with Gasteiger partial charge in [0.1, 0.15) is 5.82 Å². The van der Waals surface area contributed by atoms with Gasteiger partial charge < -0.3 is 14.6 Å². The van der Waals surface area contributed by atoms with Gasteiger partial charge in [-0.3, -0.25) is 0 Å². The third-order valence-electron chi connectivity index (χ3n) is 3.38. The molecule has 0 amide bonds. The van der Waals surface area contributed by atoms with Crippen LogP contribution in [0.1, 0.15) is 33.0 Å². The highest BCUT2D eigenvalue weighted by Crippen LogP contribution is 2.15. The second-order valence-electron chi connectivity index (χ2n) is 5.05. The van der Waals surface area contributed by atoms with E-state index >= 15 is 0 Å². The molecule has 2 atom stereocenters. The van der Waals surface area contributed by atoms with E-state index in [1.54, 1.807) is 0 Å². The first-order valence-electron chi connectivity index (χ1n) is 6.85.